The molecule has 2 aliphatic rings. The number of benzene rings is 1. The van der Waals surface area contributed by atoms with E-state index in [1.54, 1.807) is 12.1 Å². The summed E-state index contributed by atoms with van der Waals surface area (Å²) in [5.74, 6) is -0.448. The number of halogens is 1. The molecule has 5 heteroatoms. The van der Waals surface area contributed by atoms with Gasteiger partial charge in [-0.25, -0.2) is 4.39 Å². The topological polar surface area (TPSA) is 61.1 Å². The number of fused-ring (bicyclic) bond motifs is 2. The van der Waals surface area contributed by atoms with Crippen molar-refractivity contribution in [2.24, 2.45) is 0 Å². The summed E-state index contributed by atoms with van der Waals surface area (Å²) < 4.78 is 25.9. The van der Waals surface area contributed by atoms with Crippen LogP contribution in [0.1, 0.15) is 36.8 Å². The standard InChI is InChI=1S/C15H16FNO2S/c16-14-5-10(9-17)1-2-11(14)6-15(18)7-12-3-4-13(8-15)20(12)19/h1-2,5,12-13,18H,3-4,6-8H2. The lowest BCUT2D eigenvalue weighted by Crippen LogP contribution is -2.44. The lowest BCUT2D eigenvalue weighted by atomic mass is 9.86. The predicted molar refractivity (Wildman–Crippen MR) is 74.0 cm³/mol. The van der Waals surface area contributed by atoms with Crippen LogP contribution in [0.5, 0.6) is 0 Å². The molecule has 106 valence electrons. The van der Waals surface area contributed by atoms with Crippen LogP contribution in [0, 0.1) is 17.1 Å². The van der Waals surface area contributed by atoms with Crippen LogP contribution in [0.15, 0.2) is 18.2 Å². The van der Waals surface area contributed by atoms with Gasteiger partial charge in [-0.2, -0.15) is 5.26 Å². The largest absolute Gasteiger partial charge is 0.389 e. The summed E-state index contributed by atoms with van der Waals surface area (Å²) in [4.78, 5) is 0. The third kappa shape index (κ3) is 2.38. The van der Waals surface area contributed by atoms with Gasteiger partial charge in [0, 0.05) is 27.7 Å². The summed E-state index contributed by atoms with van der Waals surface area (Å²) in [6.45, 7) is 0. The highest BCUT2D eigenvalue weighted by atomic mass is 32.2. The van der Waals surface area contributed by atoms with E-state index in [-0.39, 0.29) is 22.5 Å². The van der Waals surface area contributed by atoms with E-state index in [2.05, 4.69) is 0 Å². The van der Waals surface area contributed by atoms with E-state index >= 15 is 0 Å². The van der Waals surface area contributed by atoms with E-state index in [0.717, 1.165) is 12.8 Å². The molecule has 2 saturated heterocycles. The molecule has 2 fully saturated rings. The Bertz CT molecular complexity index is 594. The molecular weight excluding hydrogens is 277 g/mol. The molecule has 20 heavy (non-hydrogen) atoms. The van der Waals surface area contributed by atoms with Crippen LogP contribution in [-0.4, -0.2) is 25.4 Å². The maximum absolute atomic E-state index is 13.9. The van der Waals surface area contributed by atoms with Gasteiger partial charge in [0.05, 0.1) is 17.2 Å². The van der Waals surface area contributed by atoms with Crippen molar-refractivity contribution in [3.8, 4) is 6.07 Å². The van der Waals surface area contributed by atoms with Crippen LogP contribution >= 0.6 is 0 Å². The van der Waals surface area contributed by atoms with Gasteiger partial charge in [0.25, 0.3) is 0 Å². The van der Waals surface area contributed by atoms with E-state index < -0.39 is 22.2 Å². The number of nitrogens with zero attached hydrogens (tertiary/aromatic N) is 1. The van der Waals surface area contributed by atoms with Crippen LogP contribution < -0.4 is 0 Å². The van der Waals surface area contributed by atoms with E-state index in [0.29, 0.717) is 18.4 Å². The summed E-state index contributed by atoms with van der Waals surface area (Å²) in [5, 5.41) is 19.6. The first-order valence-electron chi connectivity index (χ1n) is 6.81. The van der Waals surface area contributed by atoms with Crippen molar-refractivity contribution in [3.05, 3.63) is 35.1 Å². The number of aliphatic hydroxyl groups is 1. The highest BCUT2D eigenvalue weighted by molar-refractivity contribution is 7.86. The normalized spacial score (nSPS) is 35.8. The fraction of sp³-hybridized carbons (Fsp3) is 0.533. The molecule has 1 N–H and O–H groups in total. The number of hydrogen-bond acceptors (Lipinski definition) is 3. The van der Waals surface area contributed by atoms with Gasteiger partial charge in [-0.05, 0) is 43.4 Å². The van der Waals surface area contributed by atoms with Crippen LogP contribution in [-0.2, 0) is 17.2 Å². The number of rotatable bonds is 2. The van der Waals surface area contributed by atoms with E-state index in [9.17, 15) is 13.7 Å². The minimum absolute atomic E-state index is 0.0557. The molecule has 2 atom stereocenters. The lowest BCUT2D eigenvalue weighted by Gasteiger charge is -2.36. The molecular formula is C15H16FNO2S. The molecule has 0 aromatic heterocycles. The van der Waals surface area contributed by atoms with Gasteiger partial charge in [0.2, 0.25) is 0 Å². The second-order valence-corrected chi connectivity index (χ2v) is 7.87. The molecule has 0 amide bonds. The molecule has 3 nitrogen and oxygen atoms in total. The molecule has 2 heterocycles. The molecule has 2 unspecified atom stereocenters. The Labute approximate surface area is 119 Å². The van der Waals surface area contributed by atoms with Crippen LogP contribution in [0.4, 0.5) is 4.39 Å². The summed E-state index contributed by atoms with van der Waals surface area (Å²) >= 11 is 0. The lowest BCUT2D eigenvalue weighted by molar-refractivity contribution is 0.0223. The van der Waals surface area contributed by atoms with Gasteiger partial charge in [-0.1, -0.05) is 6.07 Å². The molecule has 0 radical (unpaired) electrons. The minimum Gasteiger partial charge on any atom is -0.389 e. The maximum atomic E-state index is 13.9. The summed E-state index contributed by atoms with van der Waals surface area (Å²) in [5.41, 5.74) is -0.254. The molecule has 2 bridgehead atoms. The fourth-order valence-electron chi connectivity index (χ4n) is 3.43. The van der Waals surface area contributed by atoms with Crippen molar-refractivity contribution in [1.82, 2.24) is 0 Å². The smallest absolute Gasteiger partial charge is 0.127 e. The van der Waals surface area contributed by atoms with Crippen molar-refractivity contribution >= 4 is 10.8 Å². The Morgan fingerprint density at radius 2 is 2.05 bits per heavy atom. The van der Waals surface area contributed by atoms with Gasteiger partial charge < -0.3 is 5.11 Å². The Kier molecular flexibility index (Phi) is 3.39. The van der Waals surface area contributed by atoms with Crippen LogP contribution in [0.3, 0.4) is 0 Å². The first-order valence-corrected chi connectivity index (χ1v) is 8.09. The van der Waals surface area contributed by atoms with Crippen molar-refractivity contribution in [2.45, 2.75) is 48.2 Å². The molecule has 0 saturated carbocycles. The van der Waals surface area contributed by atoms with E-state index in [4.69, 9.17) is 5.26 Å². The SMILES string of the molecule is N#Cc1ccc(CC2(O)CC3CCC(C2)S3=O)c(F)c1. The van der Waals surface area contributed by atoms with Crippen LogP contribution in [0.25, 0.3) is 0 Å². The second-order valence-electron chi connectivity index (χ2n) is 5.88. The molecule has 3 rings (SSSR count). The Morgan fingerprint density at radius 1 is 1.40 bits per heavy atom. The van der Waals surface area contributed by atoms with Crippen molar-refractivity contribution in [2.75, 3.05) is 0 Å². The van der Waals surface area contributed by atoms with E-state index in [1.807, 2.05) is 6.07 Å². The number of nitriles is 1. The summed E-state index contributed by atoms with van der Waals surface area (Å²) in [7, 11) is -0.830. The Hall–Kier alpha value is -1.25. The first kappa shape index (κ1) is 13.7. The van der Waals surface area contributed by atoms with E-state index in [1.165, 1.54) is 6.07 Å². The van der Waals surface area contributed by atoms with Crippen molar-refractivity contribution in [3.63, 3.8) is 0 Å². The van der Waals surface area contributed by atoms with Crippen molar-refractivity contribution < 1.29 is 13.7 Å². The molecule has 0 aliphatic carbocycles. The number of hydrogen-bond donors (Lipinski definition) is 1. The Balaban J connectivity index is 1.81. The van der Waals surface area contributed by atoms with Gasteiger partial charge in [0.1, 0.15) is 5.82 Å². The maximum Gasteiger partial charge on any atom is 0.127 e. The summed E-state index contributed by atoms with van der Waals surface area (Å²) in [6, 6.07) is 6.23. The van der Waals surface area contributed by atoms with Gasteiger partial charge in [0.15, 0.2) is 0 Å². The Morgan fingerprint density at radius 3 is 2.60 bits per heavy atom. The average Bonchev–Trinajstić information content (AvgIpc) is 2.64. The minimum atomic E-state index is -0.964. The van der Waals surface area contributed by atoms with Gasteiger partial charge >= 0.3 is 0 Å². The van der Waals surface area contributed by atoms with Crippen LogP contribution in [0.2, 0.25) is 0 Å². The second kappa shape index (κ2) is 4.94. The predicted octanol–water partition coefficient (Wildman–Crippen LogP) is 2.04. The zero-order valence-electron chi connectivity index (χ0n) is 11.0. The fourth-order valence-corrected chi connectivity index (χ4v) is 5.66. The average molecular weight is 293 g/mol. The molecule has 1 aromatic carbocycles. The molecule has 0 spiro atoms. The highest BCUT2D eigenvalue weighted by Gasteiger charge is 2.47. The molecule has 1 aromatic rings. The highest BCUT2D eigenvalue weighted by Crippen LogP contribution is 2.42. The zero-order valence-corrected chi connectivity index (χ0v) is 11.8. The first-order chi connectivity index (χ1) is 9.50. The molecule has 2 aliphatic heterocycles. The van der Waals surface area contributed by atoms with Gasteiger partial charge in [-0.3, -0.25) is 4.21 Å². The summed E-state index contributed by atoms with van der Waals surface area (Å²) in [6.07, 6.45) is 2.99. The van der Waals surface area contributed by atoms with Crippen molar-refractivity contribution in [1.29, 1.82) is 5.26 Å². The third-order valence-corrected chi connectivity index (χ3v) is 6.50. The monoisotopic (exact) mass is 293 g/mol. The third-order valence-electron chi connectivity index (χ3n) is 4.38. The van der Waals surface area contributed by atoms with Gasteiger partial charge in [-0.15, -0.1) is 0 Å². The zero-order chi connectivity index (χ0) is 14.3. The quantitative estimate of drug-likeness (QED) is 0.907.